The van der Waals surface area contributed by atoms with Crippen LogP contribution >= 0.6 is 0 Å². The lowest BCUT2D eigenvalue weighted by molar-refractivity contribution is -0.153. The number of carbonyl (C=O) groups excluding carboxylic acids is 2. The Morgan fingerprint density at radius 2 is 1.93 bits per heavy atom. The highest BCUT2D eigenvalue weighted by atomic mass is 16.5. The number of benzene rings is 1. The summed E-state index contributed by atoms with van der Waals surface area (Å²) in [6, 6.07) is 12.6. The number of fused-ring (bicyclic) bond motifs is 3. The number of aromatic nitrogens is 3. The summed E-state index contributed by atoms with van der Waals surface area (Å²) >= 11 is 0. The summed E-state index contributed by atoms with van der Waals surface area (Å²) in [5, 5.41) is 0. The predicted octanol–water partition coefficient (Wildman–Crippen LogP) is 3.35. The van der Waals surface area contributed by atoms with Crippen LogP contribution in [0.15, 0.2) is 48.7 Å². The number of nitrogens with zero attached hydrogens (tertiary/aromatic N) is 4. The van der Waals surface area contributed by atoms with E-state index in [4.69, 9.17) is 9.72 Å². The number of esters is 1. The van der Waals surface area contributed by atoms with Gasteiger partial charge in [-0.05, 0) is 37.6 Å². The lowest BCUT2D eigenvalue weighted by Crippen LogP contribution is -2.50. The summed E-state index contributed by atoms with van der Waals surface area (Å²) in [5.41, 5.74) is 2.28. The molecule has 1 aliphatic heterocycles. The van der Waals surface area contributed by atoms with Gasteiger partial charge in [0, 0.05) is 12.7 Å². The molecule has 0 saturated carbocycles. The second-order valence-corrected chi connectivity index (χ2v) is 7.04. The molecule has 3 aromatic rings. The summed E-state index contributed by atoms with van der Waals surface area (Å²) in [7, 11) is 0. The van der Waals surface area contributed by atoms with Gasteiger partial charge in [-0.3, -0.25) is 24.0 Å². The summed E-state index contributed by atoms with van der Waals surface area (Å²) in [5.74, 6) is -1.26. The van der Waals surface area contributed by atoms with Crippen molar-refractivity contribution in [3.63, 3.8) is 0 Å². The van der Waals surface area contributed by atoms with Gasteiger partial charge in [-0.1, -0.05) is 31.5 Å². The van der Waals surface area contributed by atoms with Gasteiger partial charge in [0.15, 0.2) is 5.92 Å². The molecule has 3 heterocycles. The first-order valence-electron chi connectivity index (χ1n) is 10.0. The fourth-order valence-corrected chi connectivity index (χ4v) is 3.89. The smallest absolute Gasteiger partial charge is 0.321 e. The van der Waals surface area contributed by atoms with Gasteiger partial charge in [0.05, 0.1) is 23.3 Å². The van der Waals surface area contributed by atoms with Crippen molar-refractivity contribution in [1.82, 2.24) is 14.5 Å². The maximum atomic E-state index is 13.5. The van der Waals surface area contributed by atoms with Gasteiger partial charge in [0.25, 0.3) is 0 Å². The van der Waals surface area contributed by atoms with Crippen molar-refractivity contribution in [1.29, 1.82) is 0 Å². The zero-order valence-electron chi connectivity index (χ0n) is 16.6. The Morgan fingerprint density at radius 3 is 2.66 bits per heavy atom. The molecule has 0 aliphatic carbocycles. The van der Waals surface area contributed by atoms with Gasteiger partial charge in [-0.25, -0.2) is 4.98 Å². The van der Waals surface area contributed by atoms with Crippen LogP contribution in [0.4, 0.5) is 5.95 Å². The van der Waals surface area contributed by atoms with Gasteiger partial charge in [-0.2, -0.15) is 0 Å². The molecule has 0 bridgehead atoms. The average molecular weight is 392 g/mol. The average Bonchev–Trinajstić information content (AvgIpc) is 3.12. The molecule has 1 amide bonds. The minimum Gasteiger partial charge on any atom is -0.465 e. The zero-order chi connectivity index (χ0) is 20.4. The Hall–Kier alpha value is -3.22. The molecule has 2 atom stereocenters. The van der Waals surface area contributed by atoms with E-state index in [0.717, 1.165) is 23.9 Å². The van der Waals surface area contributed by atoms with Gasteiger partial charge >= 0.3 is 5.97 Å². The third-order valence-electron chi connectivity index (χ3n) is 5.21. The fourth-order valence-electron chi connectivity index (χ4n) is 3.89. The summed E-state index contributed by atoms with van der Waals surface area (Å²) < 4.78 is 7.28. The van der Waals surface area contributed by atoms with Crippen molar-refractivity contribution >= 4 is 28.9 Å². The Kier molecular flexibility index (Phi) is 5.29. The number of rotatable bonds is 6. The zero-order valence-corrected chi connectivity index (χ0v) is 16.6. The lowest BCUT2D eigenvalue weighted by atomic mass is 9.92. The second-order valence-electron chi connectivity index (χ2n) is 7.04. The minimum atomic E-state index is -1.01. The van der Waals surface area contributed by atoms with Crippen LogP contribution in [0.2, 0.25) is 0 Å². The molecule has 29 heavy (non-hydrogen) atoms. The van der Waals surface area contributed by atoms with E-state index >= 15 is 0 Å². The number of ether oxygens (including phenoxy) is 1. The standard InChI is InChI=1S/C22H24N4O3/c1-3-5-14-25-20(27)18(21(28)29-4-2)19(16-11-8-9-13-23-16)26-17-12-7-6-10-15(17)24-22(25)26/h6-13,18-19H,3-5,14H2,1-2H3/t18-,19-/m0/s1. The van der Waals surface area contributed by atoms with Crippen LogP contribution in [0.1, 0.15) is 38.4 Å². The fraction of sp³-hybridized carbons (Fsp3) is 0.364. The number of hydrogen-bond donors (Lipinski definition) is 0. The lowest BCUT2D eigenvalue weighted by Gasteiger charge is -2.37. The number of amides is 1. The number of pyridine rings is 1. The largest absolute Gasteiger partial charge is 0.465 e. The molecule has 4 rings (SSSR count). The van der Waals surface area contributed by atoms with Crippen LogP contribution in [-0.2, 0) is 14.3 Å². The molecule has 1 aromatic carbocycles. The molecule has 1 aliphatic rings. The highest BCUT2D eigenvalue weighted by Crippen LogP contribution is 2.40. The van der Waals surface area contributed by atoms with Crippen LogP contribution in [0.5, 0.6) is 0 Å². The monoisotopic (exact) mass is 392 g/mol. The molecule has 0 saturated heterocycles. The van der Waals surface area contributed by atoms with E-state index in [1.54, 1.807) is 18.0 Å². The molecule has 0 unspecified atom stereocenters. The number of imidazole rings is 1. The number of unbranched alkanes of at least 4 members (excludes halogenated alkanes) is 1. The van der Waals surface area contributed by atoms with Gasteiger partial charge < -0.3 is 4.74 Å². The van der Waals surface area contributed by atoms with Crippen molar-refractivity contribution in [3.05, 3.63) is 54.4 Å². The summed E-state index contributed by atoms with van der Waals surface area (Å²) in [4.78, 5) is 37.3. The first kappa shape index (κ1) is 19.1. The summed E-state index contributed by atoms with van der Waals surface area (Å²) in [6.07, 6.45) is 3.42. The first-order valence-corrected chi connectivity index (χ1v) is 10.0. The Morgan fingerprint density at radius 1 is 1.14 bits per heavy atom. The normalized spacial score (nSPS) is 18.7. The van der Waals surface area contributed by atoms with Crippen molar-refractivity contribution in [3.8, 4) is 0 Å². The number of carbonyl (C=O) groups is 2. The Bertz CT molecular complexity index is 1030. The van der Waals surface area contributed by atoms with E-state index in [1.807, 2.05) is 47.0 Å². The van der Waals surface area contributed by atoms with Crippen molar-refractivity contribution in [2.24, 2.45) is 5.92 Å². The molecule has 2 aromatic heterocycles. The van der Waals surface area contributed by atoms with Crippen molar-refractivity contribution < 1.29 is 14.3 Å². The third kappa shape index (κ3) is 3.26. The van der Waals surface area contributed by atoms with Crippen LogP contribution < -0.4 is 4.90 Å². The highest BCUT2D eigenvalue weighted by Gasteiger charge is 2.48. The van der Waals surface area contributed by atoms with E-state index in [1.165, 1.54) is 0 Å². The Balaban J connectivity index is 1.97. The second kappa shape index (κ2) is 8.03. The summed E-state index contributed by atoms with van der Waals surface area (Å²) in [6.45, 7) is 4.53. The van der Waals surface area contributed by atoms with E-state index in [-0.39, 0.29) is 12.5 Å². The van der Waals surface area contributed by atoms with E-state index in [2.05, 4.69) is 11.9 Å². The van der Waals surface area contributed by atoms with Crippen LogP contribution in [-0.4, -0.2) is 39.6 Å². The molecule has 7 nitrogen and oxygen atoms in total. The number of anilines is 1. The van der Waals surface area contributed by atoms with Crippen LogP contribution in [0, 0.1) is 5.92 Å². The van der Waals surface area contributed by atoms with Gasteiger partial charge in [0.2, 0.25) is 11.9 Å². The van der Waals surface area contributed by atoms with Crippen LogP contribution in [0.25, 0.3) is 11.0 Å². The topological polar surface area (TPSA) is 77.3 Å². The maximum Gasteiger partial charge on any atom is 0.321 e. The van der Waals surface area contributed by atoms with Gasteiger partial charge in [0.1, 0.15) is 6.04 Å². The van der Waals surface area contributed by atoms with Crippen molar-refractivity contribution in [2.75, 3.05) is 18.1 Å². The van der Waals surface area contributed by atoms with E-state index in [9.17, 15) is 9.59 Å². The molecule has 7 heteroatoms. The van der Waals surface area contributed by atoms with Crippen molar-refractivity contribution in [2.45, 2.75) is 32.7 Å². The maximum absolute atomic E-state index is 13.5. The predicted molar refractivity (Wildman–Crippen MR) is 109 cm³/mol. The molecular formula is C22H24N4O3. The molecule has 0 fully saturated rings. The SMILES string of the molecule is CCCCN1C(=O)[C@@H](C(=O)OCC)[C@H](c2ccccn2)n2c1nc1ccccc12. The molecule has 0 N–H and O–H groups in total. The quantitative estimate of drug-likeness (QED) is 0.475. The molecule has 0 radical (unpaired) electrons. The third-order valence-corrected chi connectivity index (χ3v) is 5.21. The molecular weight excluding hydrogens is 368 g/mol. The highest BCUT2D eigenvalue weighted by molar-refractivity contribution is 6.08. The molecule has 0 spiro atoms. The van der Waals surface area contributed by atoms with E-state index in [0.29, 0.717) is 18.2 Å². The number of para-hydroxylation sites is 2. The number of hydrogen-bond acceptors (Lipinski definition) is 5. The first-order chi connectivity index (χ1) is 14.2. The van der Waals surface area contributed by atoms with Crippen LogP contribution in [0.3, 0.4) is 0 Å². The minimum absolute atomic E-state index is 0.212. The van der Waals surface area contributed by atoms with E-state index < -0.39 is 17.9 Å². The van der Waals surface area contributed by atoms with Gasteiger partial charge in [-0.15, -0.1) is 0 Å². The molecule has 150 valence electrons. The Labute approximate surface area is 169 Å².